The van der Waals surface area contributed by atoms with Crippen molar-refractivity contribution in [3.8, 4) is 0 Å². The van der Waals surface area contributed by atoms with Crippen molar-refractivity contribution in [2.24, 2.45) is 11.7 Å². The highest BCUT2D eigenvalue weighted by Crippen LogP contribution is 2.23. The van der Waals surface area contributed by atoms with E-state index in [0.29, 0.717) is 6.61 Å². The molecule has 1 heterocycles. The molecule has 3 atom stereocenters. The van der Waals surface area contributed by atoms with Crippen molar-refractivity contribution in [1.29, 1.82) is 0 Å². The lowest BCUT2D eigenvalue weighted by Gasteiger charge is -2.19. The van der Waals surface area contributed by atoms with Gasteiger partial charge in [0.1, 0.15) is 6.04 Å². The summed E-state index contributed by atoms with van der Waals surface area (Å²) in [6.45, 7) is 2.62. The Morgan fingerprint density at radius 1 is 1.75 bits per heavy atom. The third-order valence-corrected chi connectivity index (χ3v) is 2.37. The third-order valence-electron chi connectivity index (χ3n) is 2.37. The zero-order valence-corrected chi connectivity index (χ0v) is 7.45. The van der Waals surface area contributed by atoms with Crippen LogP contribution in [-0.4, -0.2) is 31.8 Å². The van der Waals surface area contributed by atoms with Crippen molar-refractivity contribution in [3.63, 3.8) is 0 Å². The molecule has 2 N–H and O–H groups in total. The number of methoxy groups -OCH3 is 1. The lowest BCUT2D eigenvalue weighted by Crippen LogP contribution is -2.41. The zero-order chi connectivity index (χ0) is 9.14. The van der Waals surface area contributed by atoms with Crippen molar-refractivity contribution in [3.05, 3.63) is 0 Å². The predicted octanol–water partition coefficient (Wildman–Crippen LogP) is -0.0883. The standard InChI is InChI=1S/C8H15NO3/c1-5-6(3-4-12-5)7(9)8(10)11-2/h5-7H,3-4,9H2,1-2H3. The monoisotopic (exact) mass is 173 g/mol. The van der Waals surface area contributed by atoms with Crippen LogP contribution in [-0.2, 0) is 14.3 Å². The van der Waals surface area contributed by atoms with E-state index in [0.717, 1.165) is 6.42 Å². The van der Waals surface area contributed by atoms with Gasteiger partial charge >= 0.3 is 5.97 Å². The number of carbonyl (C=O) groups is 1. The molecule has 0 saturated carbocycles. The van der Waals surface area contributed by atoms with Gasteiger partial charge in [0, 0.05) is 12.5 Å². The van der Waals surface area contributed by atoms with Gasteiger partial charge in [-0.3, -0.25) is 4.79 Å². The van der Waals surface area contributed by atoms with Crippen LogP contribution in [0.5, 0.6) is 0 Å². The second-order valence-electron chi connectivity index (χ2n) is 3.08. The van der Waals surface area contributed by atoms with Gasteiger partial charge in [-0.25, -0.2) is 0 Å². The van der Waals surface area contributed by atoms with E-state index in [-0.39, 0.29) is 18.0 Å². The fourth-order valence-electron chi connectivity index (χ4n) is 1.53. The molecule has 70 valence electrons. The molecule has 4 heteroatoms. The quantitative estimate of drug-likeness (QED) is 0.593. The summed E-state index contributed by atoms with van der Waals surface area (Å²) in [7, 11) is 1.35. The average Bonchev–Trinajstić information content (AvgIpc) is 2.48. The first kappa shape index (κ1) is 9.48. The van der Waals surface area contributed by atoms with Crippen molar-refractivity contribution in [2.45, 2.75) is 25.5 Å². The van der Waals surface area contributed by atoms with E-state index in [2.05, 4.69) is 4.74 Å². The van der Waals surface area contributed by atoms with Crippen LogP contribution in [0.3, 0.4) is 0 Å². The van der Waals surface area contributed by atoms with Crippen LogP contribution in [0.15, 0.2) is 0 Å². The molecule has 1 fully saturated rings. The Kier molecular flexibility index (Phi) is 3.05. The first-order chi connectivity index (χ1) is 5.66. The average molecular weight is 173 g/mol. The second-order valence-corrected chi connectivity index (χ2v) is 3.08. The Morgan fingerprint density at radius 2 is 2.42 bits per heavy atom. The summed E-state index contributed by atoms with van der Waals surface area (Å²) >= 11 is 0. The minimum atomic E-state index is -0.535. The van der Waals surface area contributed by atoms with Crippen molar-refractivity contribution in [1.82, 2.24) is 0 Å². The number of esters is 1. The number of hydrogen-bond acceptors (Lipinski definition) is 4. The van der Waals surface area contributed by atoms with Gasteiger partial charge in [-0.15, -0.1) is 0 Å². The molecule has 0 spiro atoms. The molecule has 3 unspecified atom stereocenters. The molecule has 1 saturated heterocycles. The maximum absolute atomic E-state index is 11.0. The van der Waals surface area contributed by atoms with E-state index in [1.54, 1.807) is 0 Å². The van der Waals surface area contributed by atoms with E-state index >= 15 is 0 Å². The summed E-state index contributed by atoms with van der Waals surface area (Å²) in [6.07, 6.45) is 0.913. The molecule has 12 heavy (non-hydrogen) atoms. The molecular formula is C8H15NO3. The lowest BCUT2D eigenvalue weighted by molar-refractivity contribution is -0.144. The molecule has 0 aliphatic carbocycles. The molecule has 0 aromatic rings. The van der Waals surface area contributed by atoms with Gasteiger partial charge in [0.25, 0.3) is 0 Å². The summed E-state index contributed by atoms with van der Waals surface area (Å²) in [5.74, 6) is -0.241. The van der Waals surface area contributed by atoms with Gasteiger partial charge in [0.05, 0.1) is 13.2 Å². The fourth-order valence-corrected chi connectivity index (χ4v) is 1.53. The topological polar surface area (TPSA) is 61.5 Å². The number of carbonyl (C=O) groups excluding carboxylic acids is 1. The van der Waals surface area contributed by atoms with Gasteiger partial charge in [-0.05, 0) is 13.3 Å². The lowest BCUT2D eigenvalue weighted by atomic mass is 9.94. The summed E-state index contributed by atoms with van der Waals surface area (Å²) in [6, 6.07) is -0.535. The minimum absolute atomic E-state index is 0.0686. The Morgan fingerprint density at radius 3 is 2.83 bits per heavy atom. The third kappa shape index (κ3) is 1.76. The Hall–Kier alpha value is -0.610. The summed E-state index contributed by atoms with van der Waals surface area (Å²) < 4.78 is 9.85. The molecule has 1 aliphatic rings. The first-order valence-electron chi connectivity index (χ1n) is 4.12. The van der Waals surface area contributed by atoms with E-state index in [9.17, 15) is 4.79 Å². The molecule has 0 radical (unpaired) electrons. The summed E-state index contributed by atoms with van der Waals surface area (Å²) in [5.41, 5.74) is 5.67. The van der Waals surface area contributed by atoms with Crippen molar-refractivity contribution < 1.29 is 14.3 Å². The SMILES string of the molecule is COC(=O)C(N)C1CCOC1C. The van der Waals surface area contributed by atoms with E-state index < -0.39 is 6.04 Å². The Bertz CT molecular complexity index is 172. The largest absolute Gasteiger partial charge is 0.468 e. The smallest absolute Gasteiger partial charge is 0.323 e. The number of ether oxygens (including phenoxy) is 2. The molecule has 1 aliphatic heterocycles. The van der Waals surface area contributed by atoms with Gasteiger partial charge in [-0.1, -0.05) is 0 Å². The summed E-state index contributed by atoms with van der Waals surface area (Å²) in [5, 5.41) is 0. The van der Waals surface area contributed by atoms with Gasteiger partial charge < -0.3 is 15.2 Å². The van der Waals surface area contributed by atoms with Crippen molar-refractivity contribution >= 4 is 5.97 Å². The van der Waals surface area contributed by atoms with E-state index in [1.807, 2.05) is 6.92 Å². The number of hydrogen-bond donors (Lipinski definition) is 1. The minimum Gasteiger partial charge on any atom is -0.468 e. The number of rotatable bonds is 2. The Balaban J connectivity index is 2.51. The van der Waals surface area contributed by atoms with Crippen LogP contribution in [0.4, 0.5) is 0 Å². The molecule has 0 aromatic carbocycles. The predicted molar refractivity (Wildman–Crippen MR) is 43.5 cm³/mol. The van der Waals surface area contributed by atoms with Gasteiger partial charge in [-0.2, -0.15) is 0 Å². The summed E-state index contributed by atoms with van der Waals surface area (Å²) in [4.78, 5) is 11.0. The molecule has 0 amide bonds. The molecule has 0 bridgehead atoms. The maximum Gasteiger partial charge on any atom is 0.323 e. The molecule has 4 nitrogen and oxygen atoms in total. The second kappa shape index (κ2) is 3.87. The highest BCUT2D eigenvalue weighted by atomic mass is 16.5. The van der Waals surface area contributed by atoms with Gasteiger partial charge in [0.15, 0.2) is 0 Å². The van der Waals surface area contributed by atoms with Crippen molar-refractivity contribution in [2.75, 3.05) is 13.7 Å². The van der Waals surface area contributed by atoms with Gasteiger partial charge in [0.2, 0.25) is 0 Å². The highest BCUT2D eigenvalue weighted by Gasteiger charge is 2.34. The normalized spacial score (nSPS) is 31.6. The van der Waals surface area contributed by atoms with Crippen LogP contribution in [0.1, 0.15) is 13.3 Å². The zero-order valence-electron chi connectivity index (χ0n) is 7.45. The molecular weight excluding hydrogens is 158 g/mol. The van der Waals surface area contributed by atoms with Crippen LogP contribution in [0.25, 0.3) is 0 Å². The number of nitrogens with two attached hydrogens (primary N) is 1. The van der Waals surface area contributed by atoms with Crippen LogP contribution >= 0.6 is 0 Å². The fraction of sp³-hybridized carbons (Fsp3) is 0.875. The first-order valence-corrected chi connectivity index (χ1v) is 4.12. The van der Waals surface area contributed by atoms with Crippen LogP contribution in [0, 0.1) is 5.92 Å². The van der Waals surface area contributed by atoms with Crippen LogP contribution < -0.4 is 5.73 Å². The van der Waals surface area contributed by atoms with E-state index in [1.165, 1.54) is 7.11 Å². The maximum atomic E-state index is 11.0. The van der Waals surface area contributed by atoms with E-state index in [4.69, 9.17) is 10.5 Å². The highest BCUT2D eigenvalue weighted by molar-refractivity contribution is 5.75. The van der Waals surface area contributed by atoms with Crippen LogP contribution in [0.2, 0.25) is 0 Å². The molecule has 1 rings (SSSR count). The Labute approximate surface area is 72.0 Å². The molecule has 0 aromatic heterocycles.